The Bertz CT molecular complexity index is 711. The molecule has 0 saturated heterocycles. The molecule has 0 spiro atoms. The number of carbonyl (C=O) groups excluding carboxylic acids is 1. The number of hydrogen-bond acceptors (Lipinski definition) is 3. The van der Waals surface area contributed by atoms with Crippen LogP contribution >= 0.6 is 0 Å². The summed E-state index contributed by atoms with van der Waals surface area (Å²) >= 11 is 0. The van der Waals surface area contributed by atoms with E-state index < -0.39 is 11.6 Å². The summed E-state index contributed by atoms with van der Waals surface area (Å²) in [5.74, 6) is 1.32. The van der Waals surface area contributed by atoms with Gasteiger partial charge in [-0.1, -0.05) is 26.3 Å². The molecule has 1 unspecified atom stereocenters. The molecule has 28 heavy (non-hydrogen) atoms. The number of aliphatic carboxylic acids is 1. The van der Waals surface area contributed by atoms with Crippen molar-refractivity contribution >= 4 is 11.8 Å². The van der Waals surface area contributed by atoms with Gasteiger partial charge in [0.25, 0.3) is 0 Å². The number of aliphatic hydroxyl groups is 1. The molecule has 4 nitrogen and oxygen atoms in total. The second-order valence-corrected chi connectivity index (χ2v) is 10.7. The number of carboxylic acids is 1. The summed E-state index contributed by atoms with van der Waals surface area (Å²) in [6.45, 7) is 6.87. The zero-order valence-corrected chi connectivity index (χ0v) is 17.7. The fourth-order valence-electron chi connectivity index (χ4n) is 8.03. The molecule has 2 N–H and O–H groups in total. The molecular formula is C24H36O4. The first-order chi connectivity index (χ1) is 13.1. The van der Waals surface area contributed by atoms with Crippen molar-refractivity contribution in [3.05, 3.63) is 11.6 Å². The summed E-state index contributed by atoms with van der Waals surface area (Å²) in [5.41, 5.74) is 0.450. The lowest BCUT2D eigenvalue weighted by molar-refractivity contribution is -0.193. The van der Waals surface area contributed by atoms with Crippen molar-refractivity contribution in [3.8, 4) is 0 Å². The molecule has 0 amide bonds. The third-order valence-corrected chi connectivity index (χ3v) is 9.72. The van der Waals surface area contributed by atoms with E-state index in [-0.39, 0.29) is 23.0 Å². The Hall–Kier alpha value is -1.16. The van der Waals surface area contributed by atoms with Crippen LogP contribution in [0.2, 0.25) is 0 Å². The third kappa shape index (κ3) is 2.74. The van der Waals surface area contributed by atoms with Crippen LogP contribution in [0.5, 0.6) is 0 Å². The fraction of sp³-hybridized carbons (Fsp3) is 0.833. The minimum absolute atomic E-state index is 0.205. The summed E-state index contributed by atoms with van der Waals surface area (Å²) in [6, 6.07) is 0. The van der Waals surface area contributed by atoms with Crippen LogP contribution in [0.15, 0.2) is 11.6 Å². The Morgan fingerprint density at radius 1 is 1.14 bits per heavy atom. The summed E-state index contributed by atoms with van der Waals surface area (Å²) in [7, 11) is 0. The molecule has 156 valence electrons. The minimum Gasteiger partial charge on any atom is -0.481 e. The normalized spacial score (nSPS) is 46.2. The van der Waals surface area contributed by atoms with E-state index in [1.165, 1.54) is 5.57 Å². The van der Waals surface area contributed by atoms with Crippen molar-refractivity contribution < 1.29 is 19.8 Å². The first kappa shape index (κ1) is 20.1. The van der Waals surface area contributed by atoms with Gasteiger partial charge in [-0.2, -0.15) is 0 Å². The highest BCUT2D eigenvalue weighted by Crippen LogP contribution is 2.69. The number of fused-ring (bicyclic) bond motifs is 5. The van der Waals surface area contributed by atoms with Crippen molar-refractivity contribution in [1.82, 2.24) is 0 Å². The zero-order valence-electron chi connectivity index (χ0n) is 17.7. The largest absolute Gasteiger partial charge is 0.481 e. The van der Waals surface area contributed by atoms with E-state index >= 15 is 0 Å². The van der Waals surface area contributed by atoms with Gasteiger partial charge < -0.3 is 10.2 Å². The Morgan fingerprint density at radius 3 is 2.61 bits per heavy atom. The Morgan fingerprint density at radius 2 is 1.89 bits per heavy atom. The van der Waals surface area contributed by atoms with Gasteiger partial charge in [0.1, 0.15) is 0 Å². The number of carboxylic acid groups (broad SMARTS) is 1. The Balaban J connectivity index is 1.60. The molecule has 0 aromatic carbocycles. The molecule has 0 aromatic heterocycles. The lowest BCUT2D eigenvalue weighted by Crippen LogP contribution is -2.63. The average Bonchev–Trinajstić information content (AvgIpc) is 2.98. The van der Waals surface area contributed by atoms with Gasteiger partial charge in [-0.15, -0.1) is 0 Å². The van der Waals surface area contributed by atoms with E-state index in [0.29, 0.717) is 30.1 Å². The first-order valence-corrected chi connectivity index (χ1v) is 11.3. The van der Waals surface area contributed by atoms with Gasteiger partial charge in [0, 0.05) is 18.3 Å². The van der Waals surface area contributed by atoms with E-state index in [1.807, 2.05) is 6.08 Å². The molecule has 4 heteroatoms. The summed E-state index contributed by atoms with van der Waals surface area (Å²) in [6.07, 6.45) is 10.3. The summed E-state index contributed by atoms with van der Waals surface area (Å²) in [5, 5.41) is 21.1. The number of rotatable bonds is 4. The molecule has 0 bridgehead atoms. The van der Waals surface area contributed by atoms with Gasteiger partial charge in [-0.3, -0.25) is 9.59 Å². The summed E-state index contributed by atoms with van der Waals surface area (Å²) in [4.78, 5) is 23.0. The van der Waals surface area contributed by atoms with Gasteiger partial charge in [-0.25, -0.2) is 0 Å². The molecule has 0 aromatic rings. The molecule has 4 aliphatic carbocycles. The Kier molecular flexibility index (Phi) is 4.80. The molecule has 3 fully saturated rings. The fourth-order valence-corrected chi connectivity index (χ4v) is 8.03. The van der Waals surface area contributed by atoms with Crippen molar-refractivity contribution in [3.63, 3.8) is 0 Å². The van der Waals surface area contributed by atoms with Crippen LogP contribution in [0.1, 0.15) is 85.0 Å². The molecule has 0 radical (unpaired) electrons. The maximum atomic E-state index is 12.1. The lowest BCUT2D eigenvalue weighted by Gasteiger charge is -2.63. The highest BCUT2D eigenvalue weighted by Gasteiger charge is 2.65. The second kappa shape index (κ2) is 6.68. The Labute approximate surface area is 168 Å². The summed E-state index contributed by atoms with van der Waals surface area (Å²) < 4.78 is 0. The van der Waals surface area contributed by atoms with Gasteiger partial charge in [-0.05, 0) is 86.5 Å². The number of ketones is 1. The second-order valence-electron chi connectivity index (χ2n) is 10.7. The SMILES string of the molecule is CC(CCC(=O)O)[C@H]1CC[C@H]2[C@@H]3CCC4=CC(=O)CC[C@]4(C)[C@@]3(O)CC[C@]12C. The van der Waals surface area contributed by atoms with Crippen molar-refractivity contribution in [2.45, 2.75) is 90.6 Å². The van der Waals surface area contributed by atoms with E-state index in [0.717, 1.165) is 51.4 Å². The lowest BCUT2D eigenvalue weighted by atomic mass is 9.44. The molecule has 0 heterocycles. The van der Waals surface area contributed by atoms with Crippen LogP contribution in [0.25, 0.3) is 0 Å². The van der Waals surface area contributed by atoms with E-state index in [1.54, 1.807) is 0 Å². The van der Waals surface area contributed by atoms with Crippen LogP contribution in [0.3, 0.4) is 0 Å². The quantitative estimate of drug-likeness (QED) is 0.729. The predicted octanol–water partition coefficient (Wildman–Crippen LogP) is 4.75. The molecule has 3 saturated carbocycles. The highest BCUT2D eigenvalue weighted by molar-refractivity contribution is 5.91. The van der Waals surface area contributed by atoms with E-state index in [2.05, 4.69) is 20.8 Å². The topological polar surface area (TPSA) is 74.6 Å². The maximum Gasteiger partial charge on any atom is 0.303 e. The van der Waals surface area contributed by atoms with Crippen LogP contribution in [0.4, 0.5) is 0 Å². The van der Waals surface area contributed by atoms with Gasteiger partial charge in [0.2, 0.25) is 0 Å². The third-order valence-electron chi connectivity index (χ3n) is 9.72. The van der Waals surface area contributed by atoms with Crippen LogP contribution in [-0.2, 0) is 9.59 Å². The van der Waals surface area contributed by atoms with Gasteiger partial charge in [0.15, 0.2) is 5.78 Å². The van der Waals surface area contributed by atoms with Crippen molar-refractivity contribution in [2.75, 3.05) is 0 Å². The average molecular weight is 389 g/mol. The monoisotopic (exact) mass is 388 g/mol. The first-order valence-electron chi connectivity index (χ1n) is 11.3. The van der Waals surface area contributed by atoms with Gasteiger partial charge in [0.05, 0.1) is 5.60 Å². The van der Waals surface area contributed by atoms with Crippen LogP contribution < -0.4 is 0 Å². The van der Waals surface area contributed by atoms with Crippen molar-refractivity contribution in [2.24, 2.45) is 34.5 Å². The smallest absolute Gasteiger partial charge is 0.303 e. The number of carbonyl (C=O) groups is 2. The number of hydrogen-bond donors (Lipinski definition) is 2. The van der Waals surface area contributed by atoms with Crippen molar-refractivity contribution in [1.29, 1.82) is 0 Å². The molecule has 4 rings (SSSR count). The highest BCUT2D eigenvalue weighted by atomic mass is 16.4. The zero-order chi connectivity index (χ0) is 20.3. The predicted molar refractivity (Wildman–Crippen MR) is 108 cm³/mol. The minimum atomic E-state index is -0.698. The maximum absolute atomic E-state index is 12.1. The standard InChI is InChI=1S/C24H36O4/c1-15(4-9-21(26)27)18-7-8-19-20-6-5-16-14-17(25)10-11-23(16,3)24(20,28)13-12-22(18,19)2/h14-15,18-20,28H,4-13H2,1-3H3,(H,26,27)/t15?,18-,19+,20+,22-,23+,24-/m1/s1. The van der Waals surface area contributed by atoms with E-state index in [4.69, 9.17) is 5.11 Å². The molecule has 0 aliphatic heterocycles. The van der Waals surface area contributed by atoms with Crippen LogP contribution in [0, 0.1) is 34.5 Å². The molecule has 7 atom stereocenters. The molecule has 4 aliphatic rings. The van der Waals surface area contributed by atoms with E-state index in [9.17, 15) is 14.7 Å². The van der Waals surface area contributed by atoms with Crippen LogP contribution in [-0.4, -0.2) is 27.6 Å². The van der Waals surface area contributed by atoms with Gasteiger partial charge >= 0.3 is 5.97 Å². The molecular weight excluding hydrogens is 352 g/mol.